The van der Waals surface area contributed by atoms with E-state index in [1.807, 2.05) is 0 Å². The van der Waals surface area contributed by atoms with Crippen molar-refractivity contribution in [2.45, 2.75) is 78.3 Å². The van der Waals surface area contributed by atoms with Crippen molar-refractivity contribution in [1.82, 2.24) is 19.6 Å². The lowest BCUT2D eigenvalue weighted by atomic mass is 10.0. The van der Waals surface area contributed by atoms with Crippen LogP contribution in [0, 0.1) is 0 Å². The Balaban J connectivity index is 1.82. The third-order valence-electron chi connectivity index (χ3n) is 5.64. The van der Waals surface area contributed by atoms with E-state index in [2.05, 4.69) is 0 Å². The van der Waals surface area contributed by atoms with Crippen LogP contribution in [0.5, 0.6) is 0 Å². The minimum atomic E-state index is -1.19. The average Bonchev–Trinajstić information content (AvgIpc) is 2.88. The number of carbonyl (C=O) groups excluding carboxylic acids is 6. The summed E-state index contributed by atoms with van der Waals surface area (Å²) in [5, 5.41) is 0. The Bertz CT molecular complexity index is 737. The van der Waals surface area contributed by atoms with Crippen LogP contribution < -0.4 is 0 Å². The van der Waals surface area contributed by atoms with Crippen molar-refractivity contribution in [2.24, 2.45) is 0 Å². The molecule has 2 saturated heterocycles. The van der Waals surface area contributed by atoms with E-state index in [9.17, 15) is 28.8 Å². The summed E-state index contributed by atoms with van der Waals surface area (Å²) in [5.41, 5.74) is -2.37. The van der Waals surface area contributed by atoms with Gasteiger partial charge in [0.25, 0.3) is 11.8 Å². The van der Waals surface area contributed by atoms with Crippen LogP contribution in [0.3, 0.4) is 0 Å². The molecule has 0 N–H and O–H groups in total. The molecule has 8 amide bonds. The van der Waals surface area contributed by atoms with Crippen molar-refractivity contribution < 1.29 is 28.8 Å². The minimum absolute atomic E-state index is 0.206. The maximum atomic E-state index is 12.5. The number of hydrogen-bond donors (Lipinski definition) is 0. The minimum Gasteiger partial charge on any atom is -0.275 e. The summed E-state index contributed by atoms with van der Waals surface area (Å²) in [6.45, 7) is 9.11. The van der Waals surface area contributed by atoms with E-state index in [-0.39, 0.29) is 13.1 Å². The topological polar surface area (TPSA) is 115 Å². The van der Waals surface area contributed by atoms with Gasteiger partial charge in [-0.05, 0) is 40.5 Å². The molecule has 2 heterocycles. The second-order valence-electron chi connectivity index (χ2n) is 8.72. The molecule has 10 nitrogen and oxygen atoms in total. The number of unbranched alkanes of at least 4 members (excludes halogenated alkanes) is 3. The summed E-state index contributed by atoms with van der Waals surface area (Å²) in [7, 11) is 0. The molecule has 0 unspecified atom stereocenters. The van der Waals surface area contributed by atoms with Crippen LogP contribution in [0.15, 0.2) is 0 Å². The summed E-state index contributed by atoms with van der Waals surface area (Å²) in [5.74, 6) is -1.74. The number of amides is 8. The van der Waals surface area contributed by atoms with Crippen LogP contribution in [0.4, 0.5) is 9.59 Å². The highest BCUT2D eigenvalue weighted by atomic mass is 16.2. The van der Waals surface area contributed by atoms with Gasteiger partial charge in [0.05, 0.1) is 0 Å². The van der Waals surface area contributed by atoms with Gasteiger partial charge < -0.3 is 0 Å². The lowest BCUT2D eigenvalue weighted by molar-refractivity contribution is -0.138. The summed E-state index contributed by atoms with van der Waals surface area (Å²) >= 11 is 0. The molecule has 0 aliphatic carbocycles. The van der Waals surface area contributed by atoms with Gasteiger partial charge in [0.2, 0.25) is 11.8 Å². The molecule has 2 aliphatic rings. The summed E-state index contributed by atoms with van der Waals surface area (Å²) in [4.78, 5) is 77.3. The second-order valence-corrected chi connectivity index (χ2v) is 8.72. The average molecular weight is 422 g/mol. The monoisotopic (exact) mass is 422 g/mol. The van der Waals surface area contributed by atoms with Crippen molar-refractivity contribution in [3.63, 3.8) is 0 Å². The van der Waals surface area contributed by atoms with Gasteiger partial charge in [-0.3, -0.25) is 29.0 Å². The largest absolute Gasteiger partial charge is 0.334 e. The molecule has 30 heavy (non-hydrogen) atoms. The molecule has 10 heteroatoms. The van der Waals surface area contributed by atoms with Crippen LogP contribution in [0.2, 0.25) is 0 Å². The SMILES string of the molecule is CC(=O)N1C(=O)N(CCCCCCN2C(=O)N(C(C)=O)C(C)(C)C2=O)C(=O)C1(C)C. The maximum absolute atomic E-state index is 12.5. The number of hydrogen-bond acceptors (Lipinski definition) is 6. The molecule has 0 saturated carbocycles. The van der Waals surface area contributed by atoms with E-state index in [0.29, 0.717) is 25.7 Å². The molecule has 2 rings (SSSR count). The smallest absolute Gasteiger partial charge is 0.275 e. The Hall–Kier alpha value is -2.78. The third-order valence-corrected chi connectivity index (χ3v) is 5.64. The Morgan fingerprint density at radius 2 is 0.933 bits per heavy atom. The van der Waals surface area contributed by atoms with Crippen molar-refractivity contribution in [3.8, 4) is 0 Å². The summed E-state index contributed by atoms with van der Waals surface area (Å²) < 4.78 is 0. The first-order valence-corrected chi connectivity index (χ1v) is 10.1. The van der Waals surface area contributed by atoms with Gasteiger partial charge in [-0.15, -0.1) is 0 Å². The van der Waals surface area contributed by atoms with Gasteiger partial charge >= 0.3 is 12.1 Å². The lowest BCUT2D eigenvalue weighted by Crippen LogP contribution is -2.46. The number of rotatable bonds is 7. The Morgan fingerprint density at radius 3 is 1.17 bits per heavy atom. The quantitative estimate of drug-likeness (QED) is 0.456. The van der Waals surface area contributed by atoms with Crippen LogP contribution >= 0.6 is 0 Å². The van der Waals surface area contributed by atoms with Crippen LogP contribution in [0.1, 0.15) is 67.2 Å². The Labute approximate surface area is 176 Å². The Morgan fingerprint density at radius 1 is 0.633 bits per heavy atom. The molecular weight excluding hydrogens is 392 g/mol. The first-order chi connectivity index (χ1) is 13.8. The molecule has 0 aromatic rings. The van der Waals surface area contributed by atoms with Crippen molar-refractivity contribution in [2.75, 3.05) is 13.1 Å². The number of urea groups is 2. The molecule has 166 valence electrons. The van der Waals surface area contributed by atoms with Crippen LogP contribution in [0.25, 0.3) is 0 Å². The molecule has 2 aliphatic heterocycles. The zero-order chi connectivity index (χ0) is 23.0. The fourth-order valence-electron chi connectivity index (χ4n) is 4.09. The lowest BCUT2D eigenvalue weighted by Gasteiger charge is -2.24. The van der Waals surface area contributed by atoms with Gasteiger partial charge in [0, 0.05) is 26.9 Å². The van der Waals surface area contributed by atoms with Crippen molar-refractivity contribution in [1.29, 1.82) is 0 Å². The number of nitrogens with zero attached hydrogens (tertiary/aromatic N) is 4. The van der Waals surface area contributed by atoms with E-state index in [4.69, 9.17) is 0 Å². The summed E-state index contributed by atoms with van der Waals surface area (Å²) in [6, 6.07) is -1.20. The van der Waals surface area contributed by atoms with Gasteiger partial charge in [-0.2, -0.15) is 0 Å². The van der Waals surface area contributed by atoms with Crippen LogP contribution in [-0.4, -0.2) is 79.5 Å². The maximum Gasteiger partial charge on any atom is 0.334 e. The van der Waals surface area contributed by atoms with E-state index < -0.39 is 46.8 Å². The van der Waals surface area contributed by atoms with E-state index in [0.717, 1.165) is 19.6 Å². The fourth-order valence-corrected chi connectivity index (χ4v) is 4.09. The molecule has 0 aromatic heterocycles. The highest BCUT2D eigenvalue weighted by Gasteiger charge is 2.53. The molecule has 0 spiro atoms. The Kier molecular flexibility index (Phi) is 6.39. The molecule has 2 fully saturated rings. The number of imide groups is 4. The third kappa shape index (κ3) is 3.82. The van der Waals surface area contributed by atoms with Crippen molar-refractivity contribution in [3.05, 3.63) is 0 Å². The predicted octanol–water partition coefficient (Wildman–Crippen LogP) is 1.73. The zero-order valence-electron chi connectivity index (χ0n) is 18.5. The normalized spacial score (nSPS) is 20.6. The predicted molar refractivity (Wildman–Crippen MR) is 106 cm³/mol. The van der Waals surface area contributed by atoms with E-state index in [1.54, 1.807) is 27.7 Å². The van der Waals surface area contributed by atoms with E-state index >= 15 is 0 Å². The highest BCUT2D eigenvalue weighted by molar-refractivity contribution is 6.14. The first-order valence-electron chi connectivity index (χ1n) is 10.1. The van der Waals surface area contributed by atoms with Crippen LogP contribution in [-0.2, 0) is 19.2 Å². The molecule has 0 bridgehead atoms. The van der Waals surface area contributed by atoms with E-state index in [1.165, 1.54) is 13.8 Å². The standard InChI is InChI=1S/C20H30N4O6/c1-13(25)23-17(29)21(15(27)19(23,3)4)11-9-7-8-10-12-22-16(28)20(5,6)24(14(2)26)18(22)30/h7-12H2,1-6H3. The second kappa shape index (κ2) is 8.16. The van der Waals surface area contributed by atoms with Gasteiger partial charge in [-0.1, -0.05) is 12.8 Å². The summed E-state index contributed by atoms with van der Waals surface area (Å²) in [6.07, 6.45) is 2.44. The highest BCUT2D eigenvalue weighted by Crippen LogP contribution is 2.29. The molecule has 0 atom stereocenters. The van der Waals surface area contributed by atoms with Gasteiger partial charge in [-0.25, -0.2) is 19.4 Å². The molecule has 0 aromatic carbocycles. The zero-order valence-corrected chi connectivity index (χ0v) is 18.5. The number of carbonyl (C=O) groups is 6. The molecular formula is C20H30N4O6. The van der Waals surface area contributed by atoms with Gasteiger partial charge in [0.15, 0.2) is 0 Å². The first kappa shape index (κ1) is 23.5. The van der Waals surface area contributed by atoms with Gasteiger partial charge in [0.1, 0.15) is 11.1 Å². The molecule has 0 radical (unpaired) electrons. The van der Waals surface area contributed by atoms with Crippen molar-refractivity contribution >= 4 is 35.7 Å². The fraction of sp³-hybridized carbons (Fsp3) is 0.700.